The number of ether oxygens (including phenoxy) is 1. The van der Waals surface area contributed by atoms with Crippen LogP contribution in [0.3, 0.4) is 0 Å². The normalized spacial score (nSPS) is 32.0. The second kappa shape index (κ2) is 6.24. The van der Waals surface area contributed by atoms with Crippen molar-refractivity contribution in [3.05, 3.63) is 0 Å². The molecule has 2 unspecified atom stereocenters. The van der Waals surface area contributed by atoms with Crippen molar-refractivity contribution in [2.24, 2.45) is 11.1 Å². The molecule has 1 aliphatic carbocycles. The molecule has 2 heterocycles. The smallest absolute Gasteiger partial charge is 0.230 e. The van der Waals surface area contributed by atoms with Crippen LogP contribution in [0.25, 0.3) is 0 Å². The summed E-state index contributed by atoms with van der Waals surface area (Å²) < 4.78 is 5.76. The summed E-state index contributed by atoms with van der Waals surface area (Å²) in [4.78, 5) is 15.2. The lowest BCUT2D eigenvalue weighted by molar-refractivity contribution is -0.150. The quantitative estimate of drug-likeness (QED) is 0.838. The second-order valence-electron chi connectivity index (χ2n) is 6.45. The Bertz CT molecular complexity index is 342. The van der Waals surface area contributed by atoms with Crippen LogP contribution >= 0.6 is 11.8 Å². The first-order valence-corrected chi connectivity index (χ1v) is 9.11. The predicted octanol–water partition coefficient (Wildman–Crippen LogP) is 1.63. The van der Waals surface area contributed by atoms with E-state index in [1.807, 2.05) is 11.8 Å². The molecule has 4 nitrogen and oxygen atoms in total. The third kappa shape index (κ3) is 2.72. The molecule has 2 saturated heterocycles. The molecule has 2 aliphatic heterocycles. The molecule has 0 aromatic carbocycles. The van der Waals surface area contributed by atoms with Gasteiger partial charge in [0.15, 0.2) is 0 Å². The Kier molecular flexibility index (Phi) is 4.58. The van der Waals surface area contributed by atoms with Crippen molar-refractivity contribution in [1.29, 1.82) is 0 Å². The van der Waals surface area contributed by atoms with E-state index in [-0.39, 0.29) is 11.5 Å². The van der Waals surface area contributed by atoms with Gasteiger partial charge >= 0.3 is 0 Å². The molecule has 1 amide bonds. The standard InChI is InChI=1S/C15H26N2O2S/c16-11-15(5-2-6-15)14(18)17(12-4-8-20-10-12)9-13-3-1-7-19-13/h12-13H,1-11,16H2. The molecular weight excluding hydrogens is 272 g/mol. The summed E-state index contributed by atoms with van der Waals surface area (Å²) in [5.41, 5.74) is 5.69. The Morgan fingerprint density at radius 3 is 2.70 bits per heavy atom. The molecule has 5 heteroatoms. The fourth-order valence-corrected chi connectivity index (χ4v) is 4.81. The highest BCUT2D eigenvalue weighted by Gasteiger charge is 2.47. The zero-order valence-corrected chi connectivity index (χ0v) is 13.0. The first kappa shape index (κ1) is 14.7. The predicted molar refractivity (Wildman–Crippen MR) is 81.8 cm³/mol. The van der Waals surface area contributed by atoms with Crippen molar-refractivity contribution < 1.29 is 9.53 Å². The van der Waals surface area contributed by atoms with Gasteiger partial charge in [0.25, 0.3) is 0 Å². The van der Waals surface area contributed by atoms with Gasteiger partial charge in [0.1, 0.15) is 0 Å². The SMILES string of the molecule is NCC1(C(=O)N(CC2CCCO2)C2CCSC2)CCC1. The first-order valence-electron chi connectivity index (χ1n) is 7.96. The molecule has 3 fully saturated rings. The van der Waals surface area contributed by atoms with E-state index in [2.05, 4.69) is 4.90 Å². The summed E-state index contributed by atoms with van der Waals surface area (Å²) in [6.07, 6.45) is 6.71. The van der Waals surface area contributed by atoms with Gasteiger partial charge in [-0.05, 0) is 37.9 Å². The van der Waals surface area contributed by atoms with Gasteiger partial charge in [-0.2, -0.15) is 11.8 Å². The van der Waals surface area contributed by atoms with E-state index in [0.29, 0.717) is 18.5 Å². The Balaban J connectivity index is 1.71. The van der Waals surface area contributed by atoms with E-state index >= 15 is 0 Å². The summed E-state index contributed by atoms with van der Waals surface area (Å²) in [7, 11) is 0. The Hall–Kier alpha value is -0.260. The number of nitrogens with two attached hydrogens (primary N) is 1. The van der Waals surface area contributed by atoms with Gasteiger partial charge in [0, 0.05) is 31.5 Å². The molecular formula is C15H26N2O2S. The summed E-state index contributed by atoms with van der Waals surface area (Å²) in [5.74, 6) is 2.57. The molecule has 114 valence electrons. The van der Waals surface area contributed by atoms with Crippen molar-refractivity contribution in [1.82, 2.24) is 4.90 Å². The minimum Gasteiger partial charge on any atom is -0.376 e. The molecule has 3 rings (SSSR count). The summed E-state index contributed by atoms with van der Waals surface area (Å²) in [5, 5.41) is 0. The van der Waals surface area contributed by atoms with Crippen molar-refractivity contribution in [3.63, 3.8) is 0 Å². The molecule has 0 aromatic heterocycles. The van der Waals surface area contributed by atoms with E-state index in [4.69, 9.17) is 10.5 Å². The highest BCUT2D eigenvalue weighted by atomic mass is 32.2. The minimum atomic E-state index is -0.244. The first-order chi connectivity index (χ1) is 9.75. The van der Waals surface area contributed by atoms with Crippen molar-refractivity contribution in [2.75, 3.05) is 31.2 Å². The number of carbonyl (C=O) groups excluding carboxylic acids is 1. The lowest BCUT2D eigenvalue weighted by atomic mass is 9.67. The number of thioether (sulfide) groups is 1. The highest BCUT2D eigenvalue weighted by Crippen LogP contribution is 2.42. The van der Waals surface area contributed by atoms with Crippen LogP contribution in [-0.4, -0.2) is 54.2 Å². The van der Waals surface area contributed by atoms with Crippen molar-refractivity contribution in [3.8, 4) is 0 Å². The molecule has 1 saturated carbocycles. The molecule has 2 N–H and O–H groups in total. The summed E-state index contributed by atoms with van der Waals surface area (Å²) in [6.45, 7) is 2.15. The van der Waals surface area contributed by atoms with Crippen LogP contribution in [0.1, 0.15) is 38.5 Å². The van der Waals surface area contributed by atoms with Crippen LogP contribution in [0.2, 0.25) is 0 Å². The van der Waals surface area contributed by atoms with Gasteiger partial charge in [-0.25, -0.2) is 0 Å². The zero-order chi connectivity index (χ0) is 14.0. The minimum absolute atomic E-state index is 0.244. The molecule has 3 aliphatic rings. The second-order valence-corrected chi connectivity index (χ2v) is 7.60. The Morgan fingerprint density at radius 1 is 1.35 bits per heavy atom. The molecule has 0 aromatic rings. The summed E-state index contributed by atoms with van der Waals surface area (Å²) >= 11 is 1.96. The van der Waals surface area contributed by atoms with E-state index < -0.39 is 0 Å². The number of carbonyl (C=O) groups is 1. The third-order valence-electron chi connectivity index (χ3n) is 5.19. The van der Waals surface area contributed by atoms with E-state index in [9.17, 15) is 4.79 Å². The average molecular weight is 298 g/mol. The van der Waals surface area contributed by atoms with Gasteiger partial charge < -0.3 is 15.4 Å². The molecule has 0 spiro atoms. The largest absolute Gasteiger partial charge is 0.376 e. The maximum absolute atomic E-state index is 13.0. The lowest BCUT2D eigenvalue weighted by Gasteiger charge is -2.45. The van der Waals surface area contributed by atoms with Gasteiger partial charge in [0.2, 0.25) is 5.91 Å². The maximum atomic E-state index is 13.0. The number of rotatable bonds is 5. The molecule has 0 bridgehead atoms. The van der Waals surface area contributed by atoms with Crippen LogP contribution in [0.15, 0.2) is 0 Å². The number of amides is 1. The molecule has 0 radical (unpaired) electrons. The van der Waals surface area contributed by atoms with Crippen LogP contribution in [0.5, 0.6) is 0 Å². The molecule has 2 atom stereocenters. The van der Waals surface area contributed by atoms with Gasteiger partial charge in [-0.15, -0.1) is 0 Å². The zero-order valence-electron chi connectivity index (χ0n) is 12.2. The monoisotopic (exact) mass is 298 g/mol. The van der Waals surface area contributed by atoms with Crippen molar-refractivity contribution >= 4 is 17.7 Å². The van der Waals surface area contributed by atoms with E-state index in [1.165, 1.54) is 5.75 Å². The number of hydrogen-bond acceptors (Lipinski definition) is 4. The van der Waals surface area contributed by atoms with Gasteiger partial charge in [-0.1, -0.05) is 6.42 Å². The lowest BCUT2D eigenvalue weighted by Crippen LogP contribution is -2.56. The number of hydrogen-bond donors (Lipinski definition) is 1. The Labute approximate surface area is 125 Å². The van der Waals surface area contributed by atoms with Gasteiger partial charge in [0.05, 0.1) is 11.5 Å². The fraction of sp³-hybridized carbons (Fsp3) is 0.933. The average Bonchev–Trinajstić information content (AvgIpc) is 3.08. The van der Waals surface area contributed by atoms with Gasteiger partial charge in [-0.3, -0.25) is 4.79 Å². The topological polar surface area (TPSA) is 55.6 Å². The van der Waals surface area contributed by atoms with E-state index in [0.717, 1.165) is 57.4 Å². The maximum Gasteiger partial charge on any atom is 0.230 e. The third-order valence-corrected chi connectivity index (χ3v) is 6.33. The van der Waals surface area contributed by atoms with E-state index in [1.54, 1.807) is 0 Å². The summed E-state index contributed by atoms with van der Waals surface area (Å²) in [6, 6.07) is 0.403. The van der Waals surface area contributed by atoms with Crippen LogP contribution < -0.4 is 5.73 Å². The number of nitrogens with zero attached hydrogens (tertiary/aromatic N) is 1. The van der Waals surface area contributed by atoms with Crippen molar-refractivity contribution in [2.45, 2.75) is 50.7 Å². The highest BCUT2D eigenvalue weighted by molar-refractivity contribution is 7.99. The van der Waals surface area contributed by atoms with Crippen LogP contribution in [0, 0.1) is 5.41 Å². The van der Waals surface area contributed by atoms with Crippen LogP contribution in [0.4, 0.5) is 0 Å². The fourth-order valence-electron chi connectivity index (χ4n) is 3.59. The molecule has 20 heavy (non-hydrogen) atoms. The Morgan fingerprint density at radius 2 is 2.20 bits per heavy atom. The van der Waals surface area contributed by atoms with Crippen LogP contribution in [-0.2, 0) is 9.53 Å².